The van der Waals surface area contributed by atoms with Crippen molar-refractivity contribution in [3.05, 3.63) is 71.4 Å². The van der Waals surface area contributed by atoms with Crippen LogP contribution in [0.15, 0.2) is 54.6 Å². The lowest BCUT2D eigenvalue weighted by atomic mass is 10.0. The number of aromatic amines is 1. The SMILES string of the molecule is CCC(CN(C)Cc1ccc(C(N)=O)cc1)CN(CC)C(=O)c1cc2ccccc2[nH]1. The molecular formula is C25H32N4O2. The molecule has 1 unspecified atom stereocenters. The van der Waals surface area contributed by atoms with Crippen molar-refractivity contribution < 1.29 is 9.59 Å². The zero-order valence-corrected chi connectivity index (χ0v) is 18.6. The molecule has 0 aliphatic carbocycles. The number of nitrogens with zero attached hydrogens (tertiary/aromatic N) is 2. The molecule has 0 saturated heterocycles. The van der Waals surface area contributed by atoms with Crippen molar-refractivity contribution in [1.82, 2.24) is 14.8 Å². The molecule has 1 aromatic heterocycles. The van der Waals surface area contributed by atoms with Gasteiger partial charge in [-0.1, -0.05) is 43.7 Å². The molecule has 0 fully saturated rings. The highest BCUT2D eigenvalue weighted by Gasteiger charge is 2.21. The number of aromatic nitrogens is 1. The molecule has 6 nitrogen and oxygen atoms in total. The van der Waals surface area contributed by atoms with E-state index in [1.54, 1.807) is 12.1 Å². The van der Waals surface area contributed by atoms with Crippen LogP contribution < -0.4 is 5.73 Å². The summed E-state index contributed by atoms with van der Waals surface area (Å²) in [5, 5.41) is 1.05. The molecule has 164 valence electrons. The van der Waals surface area contributed by atoms with E-state index in [1.165, 1.54) is 0 Å². The van der Waals surface area contributed by atoms with Crippen molar-refractivity contribution in [2.45, 2.75) is 26.8 Å². The number of carbonyl (C=O) groups excluding carboxylic acids is 2. The van der Waals surface area contributed by atoms with Crippen LogP contribution in [0.5, 0.6) is 0 Å². The number of amides is 2. The van der Waals surface area contributed by atoms with E-state index in [0.29, 0.717) is 30.3 Å². The fourth-order valence-electron chi connectivity index (χ4n) is 3.93. The molecule has 2 amide bonds. The molecule has 0 saturated carbocycles. The van der Waals surface area contributed by atoms with E-state index < -0.39 is 5.91 Å². The molecule has 0 bridgehead atoms. The van der Waals surface area contributed by atoms with Crippen molar-refractivity contribution in [2.24, 2.45) is 11.7 Å². The standard InChI is InChI=1S/C25H32N4O2/c1-4-18(15-28(3)16-19-10-12-20(13-11-19)24(26)30)17-29(5-2)25(31)23-14-21-8-6-7-9-22(21)27-23/h6-14,18,27H,4-5,15-17H2,1-3H3,(H2,26,30). The van der Waals surface area contributed by atoms with E-state index in [2.05, 4.69) is 23.9 Å². The van der Waals surface area contributed by atoms with Crippen molar-refractivity contribution >= 4 is 22.7 Å². The number of carbonyl (C=O) groups is 2. The van der Waals surface area contributed by atoms with E-state index in [9.17, 15) is 9.59 Å². The van der Waals surface area contributed by atoms with E-state index in [1.807, 2.05) is 54.3 Å². The quantitative estimate of drug-likeness (QED) is 0.522. The van der Waals surface area contributed by atoms with Gasteiger partial charge in [-0.25, -0.2) is 0 Å². The molecule has 0 aliphatic heterocycles. The Morgan fingerprint density at radius 2 is 1.74 bits per heavy atom. The molecular weight excluding hydrogens is 388 g/mol. The summed E-state index contributed by atoms with van der Waals surface area (Å²) in [5.74, 6) is -0.00439. The van der Waals surface area contributed by atoms with Gasteiger partial charge in [0.25, 0.3) is 5.91 Å². The van der Waals surface area contributed by atoms with E-state index in [4.69, 9.17) is 5.73 Å². The highest BCUT2D eigenvalue weighted by molar-refractivity contribution is 5.98. The number of rotatable bonds is 10. The van der Waals surface area contributed by atoms with Crippen LogP contribution in [0, 0.1) is 5.92 Å². The molecule has 1 heterocycles. The second-order valence-electron chi connectivity index (χ2n) is 8.15. The van der Waals surface area contributed by atoms with Gasteiger partial charge in [0.1, 0.15) is 5.69 Å². The Balaban J connectivity index is 1.61. The maximum atomic E-state index is 13.1. The van der Waals surface area contributed by atoms with Gasteiger partial charge in [0, 0.05) is 42.6 Å². The second-order valence-corrected chi connectivity index (χ2v) is 8.15. The number of benzene rings is 2. The largest absolute Gasteiger partial charge is 0.366 e. The average molecular weight is 421 g/mol. The fourth-order valence-corrected chi connectivity index (χ4v) is 3.93. The van der Waals surface area contributed by atoms with Crippen LogP contribution in [-0.2, 0) is 6.54 Å². The third-order valence-electron chi connectivity index (χ3n) is 5.75. The predicted molar refractivity (Wildman–Crippen MR) is 125 cm³/mol. The van der Waals surface area contributed by atoms with Crippen LogP contribution in [0.25, 0.3) is 10.9 Å². The number of nitrogens with two attached hydrogens (primary N) is 1. The Hall–Kier alpha value is -3.12. The van der Waals surface area contributed by atoms with Crippen LogP contribution in [0.2, 0.25) is 0 Å². The Labute approximate surface area is 184 Å². The maximum absolute atomic E-state index is 13.1. The summed E-state index contributed by atoms with van der Waals surface area (Å²) in [6.07, 6.45) is 0.988. The number of H-pyrrole nitrogens is 1. The van der Waals surface area contributed by atoms with Crippen LogP contribution >= 0.6 is 0 Å². The van der Waals surface area contributed by atoms with Crippen molar-refractivity contribution in [3.63, 3.8) is 0 Å². The molecule has 3 rings (SSSR count). The van der Waals surface area contributed by atoms with E-state index in [0.717, 1.165) is 36.0 Å². The first-order valence-corrected chi connectivity index (χ1v) is 10.9. The minimum atomic E-state index is -0.412. The molecule has 1 atom stereocenters. The first-order chi connectivity index (χ1) is 14.9. The molecule has 31 heavy (non-hydrogen) atoms. The minimum absolute atomic E-state index is 0.0434. The lowest BCUT2D eigenvalue weighted by Gasteiger charge is -2.29. The summed E-state index contributed by atoms with van der Waals surface area (Å²) in [6.45, 7) is 7.23. The second kappa shape index (κ2) is 10.3. The number of primary amides is 1. The van der Waals surface area contributed by atoms with Gasteiger partial charge in [0.15, 0.2) is 0 Å². The zero-order chi connectivity index (χ0) is 22.4. The summed E-state index contributed by atoms with van der Waals surface area (Å²) < 4.78 is 0. The van der Waals surface area contributed by atoms with Gasteiger partial charge in [-0.15, -0.1) is 0 Å². The average Bonchev–Trinajstić information content (AvgIpc) is 3.20. The van der Waals surface area contributed by atoms with Gasteiger partial charge in [-0.05, 0) is 49.7 Å². The third-order valence-corrected chi connectivity index (χ3v) is 5.75. The van der Waals surface area contributed by atoms with E-state index >= 15 is 0 Å². The van der Waals surface area contributed by atoms with E-state index in [-0.39, 0.29) is 5.91 Å². The van der Waals surface area contributed by atoms with Gasteiger partial charge < -0.3 is 20.5 Å². The summed E-state index contributed by atoms with van der Waals surface area (Å²) >= 11 is 0. The van der Waals surface area contributed by atoms with Crippen molar-refractivity contribution in [2.75, 3.05) is 26.7 Å². The van der Waals surface area contributed by atoms with Crippen molar-refractivity contribution in [1.29, 1.82) is 0 Å². The van der Waals surface area contributed by atoms with Gasteiger partial charge in [0.2, 0.25) is 5.91 Å². The number of para-hydroxylation sites is 1. The summed E-state index contributed by atoms with van der Waals surface area (Å²) in [4.78, 5) is 31.8. The Kier molecular flexibility index (Phi) is 7.47. The Bertz CT molecular complexity index is 992. The van der Waals surface area contributed by atoms with Crippen LogP contribution in [-0.4, -0.2) is 53.3 Å². The molecule has 6 heteroatoms. The number of hydrogen-bond donors (Lipinski definition) is 2. The van der Waals surface area contributed by atoms with Crippen LogP contribution in [0.1, 0.15) is 46.7 Å². The molecule has 3 N–H and O–H groups in total. The van der Waals surface area contributed by atoms with Gasteiger partial charge >= 0.3 is 0 Å². The summed E-state index contributed by atoms with van der Waals surface area (Å²) in [7, 11) is 2.08. The lowest BCUT2D eigenvalue weighted by Crippen LogP contribution is -2.38. The zero-order valence-electron chi connectivity index (χ0n) is 18.6. The fraction of sp³-hybridized carbons (Fsp3) is 0.360. The number of hydrogen-bond acceptors (Lipinski definition) is 3. The normalized spacial score (nSPS) is 12.3. The van der Waals surface area contributed by atoms with Gasteiger partial charge in [-0.2, -0.15) is 0 Å². The lowest BCUT2D eigenvalue weighted by molar-refractivity contribution is 0.0717. The predicted octanol–water partition coefficient (Wildman–Crippen LogP) is 3.89. The molecule has 2 aromatic carbocycles. The summed E-state index contributed by atoms with van der Waals surface area (Å²) in [6, 6.07) is 17.3. The highest BCUT2D eigenvalue weighted by atomic mass is 16.2. The van der Waals surface area contributed by atoms with Crippen LogP contribution in [0.4, 0.5) is 0 Å². The molecule has 0 spiro atoms. The third kappa shape index (κ3) is 5.73. The smallest absolute Gasteiger partial charge is 0.270 e. The molecule has 3 aromatic rings. The number of fused-ring (bicyclic) bond motifs is 1. The van der Waals surface area contributed by atoms with Gasteiger partial charge in [0.05, 0.1) is 0 Å². The maximum Gasteiger partial charge on any atom is 0.270 e. The topological polar surface area (TPSA) is 82.4 Å². The highest BCUT2D eigenvalue weighted by Crippen LogP contribution is 2.18. The first kappa shape index (κ1) is 22.6. The Morgan fingerprint density at radius 1 is 1.03 bits per heavy atom. The Morgan fingerprint density at radius 3 is 2.35 bits per heavy atom. The molecule has 0 radical (unpaired) electrons. The number of nitrogens with one attached hydrogen (secondary N) is 1. The summed E-state index contributed by atoms with van der Waals surface area (Å²) in [5.41, 5.74) is 8.58. The van der Waals surface area contributed by atoms with Crippen LogP contribution in [0.3, 0.4) is 0 Å². The monoisotopic (exact) mass is 420 g/mol. The van der Waals surface area contributed by atoms with Crippen molar-refractivity contribution in [3.8, 4) is 0 Å². The van der Waals surface area contributed by atoms with Gasteiger partial charge in [-0.3, -0.25) is 9.59 Å². The molecule has 0 aliphatic rings. The minimum Gasteiger partial charge on any atom is -0.366 e. The first-order valence-electron chi connectivity index (χ1n) is 10.9.